The van der Waals surface area contributed by atoms with Crippen LogP contribution in [0.2, 0.25) is 0 Å². The molecule has 12 heteroatoms. The van der Waals surface area contributed by atoms with E-state index in [9.17, 15) is 19.7 Å². The van der Waals surface area contributed by atoms with Gasteiger partial charge in [-0.15, -0.1) is 0 Å². The summed E-state index contributed by atoms with van der Waals surface area (Å²) in [6.07, 6.45) is 1.40. The second-order valence-corrected chi connectivity index (χ2v) is 9.76. The number of likely N-dealkylation sites (N-methyl/N-ethyl adjacent to an activating group) is 1. The second-order valence-electron chi connectivity index (χ2n) is 9.76. The van der Waals surface area contributed by atoms with Crippen molar-refractivity contribution in [3.63, 3.8) is 0 Å². The minimum Gasteiger partial charge on any atom is -0.380 e. The number of hydrogen-bond donors (Lipinski definition) is 3. The minimum atomic E-state index is -0.634. The molecule has 216 valence electrons. The molecule has 4 rings (SSSR count). The number of piperazine rings is 1. The van der Waals surface area contributed by atoms with Gasteiger partial charge in [0.15, 0.2) is 0 Å². The first-order chi connectivity index (χ1) is 19.8. The van der Waals surface area contributed by atoms with Crippen LogP contribution in [0.1, 0.15) is 29.8 Å². The summed E-state index contributed by atoms with van der Waals surface area (Å²) in [7, 11) is 0. The number of carbonyl (C=O) groups is 2. The minimum absolute atomic E-state index is 0.00869. The maximum absolute atomic E-state index is 12.6. The fraction of sp³-hybridized carbons (Fsp3) is 0.345. The zero-order valence-electron chi connectivity index (χ0n) is 23.4. The molecule has 12 nitrogen and oxygen atoms in total. The van der Waals surface area contributed by atoms with Crippen molar-refractivity contribution in [2.45, 2.75) is 20.4 Å². The number of anilines is 4. The number of pyridine rings is 1. The number of hydrogen-bond acceptors (Lipinski definition) is 9. The lowest BCUT2D eigenvalue weighted by molar-refractivity contribution is -0.384. The standard InChI is InChI=1S/C29H36N8O4/c1-3-34(4-2)20-28(38)36-14-12-35(13-15-36)23-10-8-22(9-11-23)33-27-17-26(25(19-32-27)29(30)39)31-18-21-6-5-7-24(16-21)37(40)41/h5-11,16-17,19H,3-4,12-15,18,20H2,1-2H3,(H2,30,39)(H2,31,32,33). The van der Waals surface area contributed by atoms with Crippen LogP contribution in [0, 0.1) is 10.1 Å². The van der Waals surface area contributed by atoms with Gasteiger partial charge in [-0.2, -0.15) is 0 Å². The molecule has 3 aromatic rings. The Hall–Kier alpha value is -4.71. The molecule has 1 aliphatic heterocycles. The highest BCUT2D eigenvalue weighted by atomic mass is 16.6. The van der Waals surface area contributed by atoms with Crippen LogP contribution in [0.25, 0.3) is 0 Å². The van der Waals surface area contributed by atoms with Crippen LogP contribution in [0.3, 0.4) is 0 Å². The fourth-order valence-electron chi connectivity index (χ4n) is 4.70. The lowest BCUT2D eigenvalue weighted by Crippen LogP contribution is -2.51. The molecule has 2 amide bonds. The van der Waals surface area contributed by atoms with Gasteiger partial charge in [0.05, 0.1) is 22.7 Å². The van der Waals surface area contributed by atoms with Crippen LogP contribution < -0.4 is 21.3 Å². The lowest BCUT2D eigenvalue weighted by atomic mass is 10.1. The van der Waals surface area contributed by atoms with Gasteiger partial charge in [-0.25, -0.2) is 4.98 Å². The molecular weight excluding hydrogens is 524 g/mol. The normalized spacial score (nSPS) is 13.2. The van der Waals surface area contributed by atoms with Gasteiger partial charge in [-0.1, -0.05) is 26.0 Å². The van der Waals surface area contributed by atoms with E-state index in [1.54, 1.807) is 18.2 Å². The average molecular weight is 561 g/mol. The Balaban J connectivity index is 1.37. The third kappa shape index (κ3) is 7.70. The molecule has 0 aliphatic carbocycles. The molecule has 0 radical (unpaired) electrons. The number of nitro groups is 1. The number of primary amides is 1. The van der Waals surface area contributed by atoms with E-state index in [1.807, 2.05) is 29.2 Å². The number of nitrogens with one attached hydrogen (secondary N) is 2. The van der Waals surface area contributed by atoms with Crippen LogP contribution in [0.15, 0.2) is 60.8 Å². The van der Waals surface area contributed by atoms with Gasteiger partial charge in [0.25, 0.3) is 11.6 Å². The van der Waals surface area contributed by atoms with Crippen LogP contribution in [0.4, 0.5) is 28.6 Å². The summed E-state index contributed by atoms with van der Waals surface area (Å²) in [4.78, 5) is 45.9. The third-order valence-electron chi connectivity index (χ3n) is 7.16. The van der Waals surface area contributed by atoms with E-state index in [0.29, 0.717) is 36.7 Å². The molecule has 0 saturated carbocycles. The number of nitro benzene ring substituents is 1. The third-order valence-corrected chi connectivity index (χ3v) is 7.16. The summed E-state index contributed by atoms with van der Waals surface area (Å²) in [6, 6.07) is 15.9. The molecule has 0 spiro atoms. The predicted octanol–water partition coefficient (Wildman–Crippen LogP) is 3.43. The van der Waals surface area contributed by atoms with Crippen molar-refractivity contribution in [2.24, 2.45) is 5.73 Å². The molecule has 0 bridgehead atoms. The summed E-state index contributed by atoms with van der Waals surface area (Å²) < 4.78 is 0. The number of aromatic nitrogens is 1. The Morgan fingerprint density at radius 1 is 1.05 bits per heavy atom. The molecule has 1 aliphatic rings. The summed E-state index contributed by atoms with van der Waals surface area (Å²) in [5, 5.41) is 17.5. The SMILES string of the molecule is CCN(CC)CC(=O)N1CCN(c2ccc(Nc3cc(NCc4cccc([N+](=O)[O-])c4)c(C(N)=O)cn3)cc2)CC1. The molecule has 0 atom stereocenters. The van der Waals surface area contributed by atoms with Gasteiger partial charge in [0.1, 0.15) is 5.82 Å². The first kappa shape index (κ1) is 29.3. The Morgan fingerprint density at radius 2 is 1.76 bits per heavy atom. The van der Waals surface area contributed by atoms with Crippen molar-refractivity contribution in [2.75, 3.05) is 61.3 Å². The summed E-state index contributed by atoms with van der Waals surface area (Å²) >= 11 is 0. The zero-order valence-corrected chi connectivity index (χ0v) is 23.4. The van der Waals surface area contributed by atoms with E-state index < -0.39 is 10.8 Å². The topological polar surface area (TPSA) is 150 Å². The maximum atomic E-state index is 12.6. The Kier molecular flexibility index (Phi) is 9.69. The van der Waals surface area contributed by atoms with Gasteiger partial charge in [-0.05, 0) is 42.9 Å². The number of benzene rings is 2. The first-order valence-corrected chi connectivity index (χ1v) is 13.7. The quantitative estimate of drug-likeness (QED) is 0.224. The highest BCUT2D eigenvalue weighted by molar-refractivity contribution is 5.98. The number of non-ortho nitro benzene ring substituents is 1. The van der Waals surface area contributed by atoms with Crippen molar-refractivity contribution in [1.29, 1.82) is 0 Å². The number of amides is 2. The van der Waals surface area contributed by atoms with Crippen molar-refractivity contribution in [3.05, 3.63) is 82.0 Å². The van der Waals surface area contributed by atoms with Crippen molar-refractivity contribution in [3.8, 4) is 0 Å². The van der Waals surface area contributed by atoms with E-state index in [1.165, 1.54) is 18.3 Å². The number of nitrogens with two attached hydrogens (primary N) is 1. The van der Waals surface area contributed by atoms with Gasteiger partial charge in [-0.3, -0.25) is 24.6 Å². The predicted molar refractivity (Wildman–Crippen MR) is 159 cm³/mol. The maximum Gasteiger partial charge on any atom is 0.269 e. The second kappa shape index (κ2) is 13.6. The van der Waals surface area contributed by atoms with Crippen molar-refractivity contribution < 1.29 is 14.5 Å². The monoisotopic (exact) mass is 560 g/mol. The smallest absolute Gasteiger partial charge is 0.269 e. The number of rotatable bonds is 12. The summed E-state index contributed by atoms with van der Waals surface area (Å²) in [6.45, 7) is 9.53. The molecule has 0 unspecified atom stereocenters. The van der Waals surface area contributed by atoms with Gasteiger partial charge >= 0.3 is 0 Å². The summed E-state index contributed by atoms with van der Waals surface area (Å²) in [5.41, 5.74) is 8.78. The highest BCUT2D eigenvalue weighted by Gasteiger charge is 2.22. The van der Waals surface area contributed by atoms with Crippen LogP contribution in [0.5, 0.6) is 0 Å². The van der Waals surface area contributed by atoms with E-state index in [2.05, 4.69) is 39.3 Å². The zero-order chi connectivity index (χ0) is 29.4. The molecular formula is C29H36N8O4. The van der Waals surface area contributed by atoms with E-state index in [4.69, 9.17) is 5.73 Å². The average Bonchev–Trinajstić information content (AvgIpc) is 2.99. The molecule has 1 fully saturated rings. The van der Waals surface area contributed by atoms with Crippen LogP contribution >= 0.6 is 0 Å². The molecule has 41 heavy (non-hydrogen) atoms. The number of carbonyl (C=O) groups excluding carboxylic acids is 2. The fourth-order valence-corrected chi connectivity index (χ4v) is 4.70. The van der Waals surface area contributed by atoms with Gasteiger partial charge < -0.3 is 26.2 Å². The van der Waals surface area contributed by atoms with Crippen molar-refractivity contribution in [1.82, 2.24) is 14.8 Å². The van der Waals surface area contributed by atoms with Gasteiger partial charge in [0.2, 0.25) is 5.91 Å². The van der Waals surface area contributed by atoms with Crippen molar-refractivity contribution >= 4 is 40.4 Å². The number of nitrogens with zero attached hydrogens (tertiary/aromatic N) is 5. The Labute approximate surface area is 239 Å². The molecule has 2 aromatic carbocycles. The first-order valence-electron chi connectivity index (χ1n) is 13.7. The lowest BCUT2D eigenvalue weighted by Gasteiger charge is -2.37. The molecule has 1 aromatic heterocycles. The Morgan fingerprint density at radius 3 is 2.39 bits per heavy atom. The van der Waals surface area contributed by atoms with Crippen LogP contribution in [-0.2, 0) is 11.3 Å². The van der Waals surface area contributed by atoms with E-state index in [0.717, 1.165) is 37.6 Å². The van der Waals surface area contributed by atoms with Crippen LogP contribution in [-0.4, -0.2) is 77.3 Å². The molecule has 2 heterocycles. The Bertz CT molecular complexity index is 1370. The molecule has 4 N–H and O–H groups in total. The van der Waals surface area contributed by atoms with E-state index in [-0.39, 0.29) is 23.7 Å². The van der Waals surface area contributed by atoms with Gasteiger partial charge in [0, 0.05) is 68.5 Å². The van der Waals surface area contributed by atoms with E-state index >= 15 is 0 Å². The molecule has 1 saturated heterocycles. The highest BCUT2D eigenvalue weighted by Crippen LogP contribution is 2.25. The summed E-state index contributed by atoms with van der Waals surface area (Å²) in [5.74, 6) is 0.0520. The largest absolute Gasteiger partial charge is 0.380 e.